The number of carbonyl (C=O) groups is 1. The zero-order chi connectivity index (χ0) is 16.4. The Morgan fingerprint density at radius 1 is 1.22 bits per heavy atom. The lowest BCUT2D eigenvalue weighted by molar-refractivity contribution is 0.101. The fourth-order valence-electron chi connectivity index (χ4n) is 3.18. The van der Waals surface area contributed by atoms with E-state index >= 15 is 0 Å². The van der Waals surface area contributed by atoms with Gasteiger partial charge in [0.25, 0.3) is 0 Å². The van der Waals surface area contributed by atoms with Gasteiger partial charge in [0.2, 0.25) is 0 Å². The first-order valence-corrected chi connectivity index (χ1v) is 7.87. The van der Waals surface area contributed by atoms with E-state index in [1.807, 2.05) is 19.2 Å². The third-order valence-electron chi connectivity index (χ3n) is 4.72. The van der Waals surface area contributed by atoms with Crippen LogP contribution in [0.1, 0.15) is 41.3 Å². The molecular weight excluding hydrogens is 284 g/mol. The van der Waals surface area contributed by atoms with E-state index in [0.717, 1.165) is 25.1 Å². The van der Waals surface area contributed by atoms with Crippen molar-refractivity contribution in [1.29, 1.82) is 5.26 Å². The van der Waals surface area contributed by atoms with Crippen LogP contribution in [0.15, 0.2) is 48.5 Å². The Morgan fingerprint density at radius 3 is 2.48 bits per heavy atom. The molecule has 0 bridgehead atoms. The summed E-state index contributed by atoms with van der Waals surface area (Å²) >= 11 is 0. The van der Waals surface area contributed by atoms with Crippen molar-refractivity contribution in [2.24, 2.45) is 0 Å². The summed E-state index contributed by atoms with van der Waals surface area (Å²) in [4.78, 5) is 13.8. The average Bonchev–Trinajstić information content (AvgIpc) is 3.35. The van der Waals surface area contributed by atoms with Gasteiger partial charge in [-0.15, -0.1) is 0 Å². The number of ketones is 1. The van der Waals surface area contributed by atoms with Crippen LogP contribution in [0.2, 0.25) is 0 Å². The summed E-state index contributed by atoms with van der Waals surface area (Å²) in [6, 6.07) is 18.1. The van der Waals surface area contributed by atoms with Crippen molar-refractivity contribution in [3.8, 4) is 6.07 Å². The highest BCUT2D eigenvalue weighted by Crippen LogP contribution is 2.49. The number of Topliss-reactive ketones (excluding diaryl/α,β-unsaturated/α-hetero) is 1. The first kappa shape index (κ1) is 15.3. The minimum Gasteiger partial charge on any atom is -0.373 e. The second kappa shape index (κ2) is 5.89. The molecule has 0 heterocycles. The van der Waals surface area contributed by atoms with Crippen molar-refractivity contribution in [1.82, 2.24) is 0 Å². The highest BCUT2D eigenvalue weighted by Gasteiger charge is 2.45. The quantitative estimate of drug-likeness (QED) is 0.786. The summed E-state index contributed by atoms with van der Waals surface area (Å²) in [5.74, 6) is 0.0216. The normalized spacial score (nSPS) is 14.8. The van der Waals surface area contributed by atoms with Crippen molar-refractivity contribution < 1.29 is 4.79 Å². The lowest BCUT2D eigenvalue weighted by atomic mass is 9.95. The molecule has 0 N–H and O–H groups in total. The maximum atomic E-state index is 11.6. The first-order chi connectivity index (χ1) is 11.1. The van der Waals surface area contributed by atoms with Crippen LogP contribution in [0.25, 0.3) is 0 Å². The maximum absolute atomic E-state index is 11.6. The fraction of sp³-hybridized carbons (Fsp3) is 0.300. The van der Waals surface area contributed by atoms with Crippen LogP contribution in [0.5, 0.6) is 0 Å². The summed E-state index contributed by atoms with van der Waals surface area (Å²) in [6.07, 6.45) is 2.32. The Labute approximate surface area is 137 Å². The molecule has 0 saturated heterocycles. The topological polar surface area (TPSA) is 44.1 Å². The molecule has 0 atom stereocenters. The van der Waals surface area contributed by atoms with E-state index in [1.54, 1.807) is 19.1 Å². The first-order valence-electron chi connectivity index (χ1n) is 7.87. The molecule has 23 heavy (non-hydrogen) atoms. The Hall–Kier alpha value is -2.60. The summed E-state index contributed by atoms with van der Waals surface area (Å²) < 4.78 is 0. The van der Waals surface area contributed by atoms with E-state index in [2.05, 4.69) is 35.2 Å². The average molecular weight is 304 g/mol. The second-order valence-corrected chi connectivity index (χ2v) is 6.40. The van der Waals surface area contributed by atoms with Crippen LogP contribution in [0.4, 0.5) is 5.69 Å². The lowest BCUT2D eigenvalue weighted by Gasteiger charge is -2.27. The highest BCUT2D eigenvalue weighted by atomic mass is 16.1. The summed E-state index contributed by atoms with van der Waals surface area (Å²) in [5, 5.41) is 9.37. The van der Waals surface area contributed by atoms with Crippen LogP contribution in [-0.2, 0) is 5.41 Å². The fourth-order valence-corrected chi connectivity index (χ4v) is 3.18. The molecule has 3 nitrogen and oxygen atoms in total. The van der Waals surface area contributed by atoms with E-state index in [-0.39, 0.29) is 11.2 Å². The number of rotatable bonds is 5. The monoisotopic (exact) mass is 304 g/mol. The molecule has 116 valence electrons. The number of nitrogens with zero attached hydrogens (tertiary/aromatic N) is 2. The van der Waals surface area contributed by atoms with Gasteiger partial charge in [-0.05, 0) is 43.5 Å². The minimum atomic E-state index is 0.0216. The standard InChI is InChI=1S/C20H20N2O/c1-15(23)16-8-9-17(13-21)19(12-16)22(2)14-20(10-11-20)18-6-4-3-5-7-18/h3-9,12H,10-11,14H2,1-2H3. The summed E-state index contributed by atoms with van der Waals surface area (Å²) in [7, 11) is 2.00. The molecular formula is C20H20N2O. The van der Waals surface area contributed by atoms with Gasteiger partial charge in [-0.25, -0.2) is 0 Å². The molecule has 1 saturated carbocycles. The van der Waals surface area contributed by atoms with Crippen molar-refractivity contribution in [3.63, 3.8) is 0 Å². The Kier molecular flexibility index (Phi) is 3.92. The SMILES string of the molecule is CC(=O)c1ccc(C#N)c(N(C)CC2(c3ccccc3)CC2)c1. The van der Waals surface area contributed by atoms with Crippen LogP contribution in [-0.4, -0.2) is 19.4 Å². The molecule has 1 aliphatic rings. The molecule has 0 aliphatic heterocycles. The number of hydrogen-bond acceptors (Lipinski definition) is 3. The largest absolute Gasteiger partial charge is 0.373 e. The van der Waals surface area contributed by atoms with E-state index < -0.39 is 0 Å². The molecule has 0 unspecified atom stereocenters. The van der Waals surface area contributed by atoms with Gasteiger partial charge in [-0.1, -0.05) is 30.3 Å². The van der Waals surface area contributed by atoms with Crippen LogP contribution < -0.4 is 4.90 Å². The zero-order valence-electron chi connectivity index (χ0n) is 13.5. The molecule has 1 fully saturated rings. The number of likely N-dealkylation sites (N-methyl/N-ethyl adjacent to an activating group) is 1. The smallest absolute Gasteiger partial charge is 0.159 e. The number of anilines is 1. The Morgan fingerprint density at radius 2 is 1.91 bits per heavy atom. The predicted molar refractivity (Wildman–Crippen MR) is 91.8 cm³/mol. The number of hydrogen-bond donors (Lipinski definition) is 0. The Balaban J connectivity index is 1.89. The van der Waals surface area contributed by atoms with E-state index in [1.165, 1.54) is 5.56 Å². The van der Waals surface area contributed by atoms with Gasteiger partial charge in [0.15, 0.2) is 5.78 Å². The third-order valence-corrected chi connectivity index (χ3v) is 4.72. The summed E-state index contributed by atoms with van der Waals surface area (Å²) in [5.41, 5.74) is 3.63. The second-order valence-electron chi connectivity index (χ2n) is 6.40. The molecule has 2 aromatic rings. The molecule has 0 amide bonds. The number of nitriles is 1. The van der Waals surface area contributed by atoms with Crippen molar-refractivity contribution in [2.45, 2.75) is 25.2 Å². The van der Waals surface area contributed by atoms with Gasteiger partial charge < -0.3 is 4.90 Å². The maximum Gasteiger partial charge on any atom is 0.159 e. The predicted octanol–water partition coefficient (Wildman–Crippen LogP) is 3.93. The van der Waals surface area contributed by atoms with E-state index in [9.17, 15) is 10.1 Å². The van der Waals surface area contributed by atoms with Crippen molar-refractivity contribution >= 4 is 11.5 Å². The number of benzene rings is 2. The number of carbonyl (C=O) groups excluding carboxylic acids is 1. The van der Waals surface area contributed by atoms with Gasteiger partial charge in [-0.3, -0.25) is 4.79 Å². The Bertz CT molecular complexity index is 770. The van der Waals surface area contributed by atoms with Gasteiger partial charge in [-0.2, -0.15) is 5.26 Å². The van der Waals surface area contributed by atoms with Crippen molar-refractivity contribution in [3.05, 3.63) is 65.2 Å². The molecule has 2 aromatic carbocycles. The highest BCUT2D eigenvalue weighted by molar-refractivity contribution is 5.95. The van der Waals surface area contributed by atoms with Crippen LogP contribution in [0, 0.1) is 11.3 Å². The summed E-state index contributed by atoms with van der Waals surface area (Å²) in [6.45, 7) is 2.41. The van der Waals surface area contributed by atoms with Crippen molar-refractivity contribution in [2.75, 3.05) is 18.5 Å². The molecule has 3 heteroatoms. The van der Waals surface area contributed by atoms with Crippen LogP contribution >= 0.6 is 0 Å². The lowest BCUT2D eigenvalue weighted by Crippen LogP contribution is -2.29. The molecule has 0 radical (unpaired) electrons. The molecule has 3 rings (SSSR count). The van der Waals surface area contributed by atoms with E-state index in [4.69, 9.17) is 0 Å². The molecule has 0 aromatic heterocycles. The van der Waals surface area contributed by atoms with Crippen LogP contribution in [0.3, 0.4) is 0 Å². The van der Waals surface area contributed by atoms with Gasteiger partial charge in [0.1, 0.15) is 6.07 Å². The third kappa shape index (κ3) is 2.98. The molecule has 1 aliphatic carbocycles. The van der Waals surface area contributed by atoms with Gasteiger partial charge >= 0.3 is 0 Å². The zero-order valence-corrected chi connectivity index (χ0v) is 13.5. The minimum absolute atomic E-state index is 0.0216. The van der Waals surface area contributed by atoms with Gasteiger partial charge in [0.05, 0.1) is 11.3 Å². The molecule has 0 spiro atoms. The van der Waals surface area contributed by atoms with Gasteiger partial charge in [0, 0.05) is 24.6 Å². The van der Waals surface area contributed by atoms with E-state index in [0.29, 0.717) is 11.1 Å².